The van der Waals surface area contributed by atoms with E-state index in [0.29, 0.717) is 38.6 Å². The first-order valence-corrected chi connectivity index (χ1v) is 14.5. The average molecular weight is 553 g/mol. The van der Waals surface area contributed by atoms with Gasteiger partial charge in [0.1, 0.15) is 11.8 Å². The van der Waals surface area contributed by atoms with Crippen LogP contribution in [0.2, 0.25) is 0 Å². The van der Waals surface area contributed by atoms with Crippen molar-refractivity contribution in [2.45, 2.75) is 22.3 Å². The van der Waals surface area contributed by atoms with Crippen molar-refractivity contribution in [3.8, 4) is 5.75 Å². The van der Waals surface area contributed by atoms with Crippen LogP contribution >= 0.6 is 0 Å². The third-order valence-electron chi connectivity index (χ3n) is 6.30. The molecular formula is C23H28N4O8S2. The van der Waals surface area contributed by atoms with Crippen molar-refractivity contribution >= 4 is 37.5 Å². The molecule has 0 bridgehead atoms. The van der Waals surface area contributed by atoms with Gasteiger partial charge in [-0.05, 0) is 48.5 Å². The van der Waals surface area contributed by atoms with Gasteiger partial charge in [0.2, 0.25) is 26.0 Å². The van der Waals surface area contributed by atoms with E-state index in [1.54, 1.807) is 0 Å². The number of imide groups is 1. The first-order valence-electron chi connectivity index (χ1n) is 11.5. The van der Waals surface area contributed by atoms with Crippen molar-refractivity contribution in [3.05, 3.63) is 48.5 Å². The smallest absolute Gasteiger partial charge is 0.252 e. The molecule has 4 rings (SSSR count). The second-order valence-electron chi connectivity index (χ2n) is 8.57. The van der Waals surface area contributed by atoms with Gasteiger partial charge in [-0.1, -0.05) is 0 Å². The van der Waals surface area contributed by atoms with E-state index in [0.717, 1.165) is 9.21 Å². The quantitative estimate of drug-likeness (QED) is 0.423. The summed E-state index contributed by atoms with van der Waals surface area (Å²) in [6, 6.07) is 9.47. The Balaban J connectivity index is 1.64. The number of hydrogen-bond donors (Lipinski definition) is 1. The Bertz CT molecular complexity index is 1360. The molecule has 1 atom stereocenters. The number of sulfonamides is 2. The molecule has 0 spiro atoms. The number of benzene rings is 2. The Morgan fingerprint density at radius 3 is 2.14 bits per heavy atom. The maximum Gasteiger partial charge on any atom is 0.252 e. The van der Waals surface area contributed by atoms with Gasteiger partial charge in [0.25, 0.3) is 5.91 Å². The van der Waals surface area contributed by atoms with E-state index in [1.807, 2.05) is 4.90 Å². The third-order valence-corrected chi connectivity index (χ3v) is 9.15. The zero-order chi connectivity index (χ0) is 26.8. The molecule has 2 fully saturated rings. The molecule has 1 unspecified atom stereocenters. The van der Waals surface area contributed by atoms with Crippen LogP contribution in [0.15, 0.2) is 58.3 Å². The molecule has 0 radical (unpaired) electrons. The van der Waals surface area contributed by atoms with E-state index in [9.17, 15) is 26.4 Å². The molecular weight excluding hydrogens is 524 g/mol. The van der Waals surface area contributed by atoms with Crippen molar-refractivity contribution in [2.24, 2.45) is 5.14 Å². The van der Waals surface area contributed by atoms with Gasteiger partial charge >= 0.3 is 0 Å². The number of carbonyl (C=O) groups excluding carboxylic acids is 2. The molecule has 2 saturated heterocycles. The number of primary sulfonamides is 1. The number of nitrogens with zero attached hydrogens (tertiary/aromatic N) is 3. The maximum atomic E-state index is 13.7. The number of ether oxygens (including phenoxy) is 2. The molecule has 14 heteroatoms. The van der Waals surface area contributed by atoms with Crippen LogP contribution in [0.25, 0.3) is 0 Å². The van der Waals surface area contributed by atoms with Gasteiger partial charge in [0.15, 0.2) is 0 Å². The summed E-state index contributed by atoms with van der Waals surface area (Å²) in [5.74, 6) is -0.841. The van der Waals surface area contributed by atoms with Gasteiger partial charge in [-0.15, -0.1) is 0 Å². The minimum Gasteiger partial charge on any atom is -0.497 e. The van der Waals surface area contributed by atoms with E-state index in [1.165, 1.54) is 55.6 Å². The standard InChI is InChI=1S/C23H28N4O8S2/c1-34-18-4-8-20(9-5-18)37(32,33)26(11-10-25-12-14-35-15-13-25)21-16-22(28)27(23(21)29)17-2-6-19(7-3-17)36(24,30)31/h2-9,21H,10-16H2,1H3,(H2,24,30,31). The largest absolute Gasteiger partial charge is 0.497 e. The predicted molar refractivity (Wildman–Crippen MR) is 133 cm³/mol. The summed E-state index contributed by atoms with van der Waals surface area (Å²) in [7, 11) is -6.68. The van der Waals surface area contributed by atoms with Crippen LogP contribution in [0.1, 0.15) is 6.42 Å². The van der Waals surface area contributed by atoms with Crippen molar-refractivity contribution < 1.29 is 35.9 Å². The van der Waals surface area contributed by atoms with Gasteiger partial charge in [0, 0.05) is 26.2 Å². The summed E-state index contributed by atoms with van der Waals surface area (Å²) in [6.07, 6.45) is -0.353. The number of anilines is 1. The first-order chi connectivity index (χ1) is 17.5. The molecule has 37 heavy (non-hydrogen) atoms. The van der Waals surface area contributed by atoms with Crippen LogP contribution in [0.4, 0.5) is 5.69 Å². The lowest BCUT2D eigenvalue weighted by molar-refractivity contribution is -0.122. The fourth-order valence-corrected chi connectivity index (χ4v) is 6.38. The van der Waals surface area contributed by atoms with Gasteiger partial charge in [0.05, 0.1) is 42.2 Å². The lowest BCUT2D eigenvalue weighted by Crippen LogP contribution is -2.49. The molecule has 2 aliphatic rings. The highest BCUT2D eigenvalue weighted by atomic mass is 32.2. The van der Waals surface area contributed by atoms with E-state index in [4.69, 9.17) is 14.6 Å². The summed E-state index contributed by atoms with van der Waals surface area (Å²) in [4.78, 5) is 29.1. The Hall–Kier alpha value is -2.88. The zero-order valence-electron chi connectivity index (χ0n) is 20.1. The average Bonchev–Trinajstić information content (AvgIpc) is 3.17. The summed E-state index contributed by atoms with van der Waals surface area (Å²) in [5, 5.41) is 5.12. The summed E-state index contributed by atoms with van der Waals surface area (Å²) < 4.78 is 62.1. The fourth-order valence-electron chi connectivity index (χ4n) is 4.29. The summed E-state index contributed by atoms with van der Waals surface area (Å²) in [5.41, 5.74) is 0.125. The molecule has 12 nitrogen and oxygen atoms in total. The van der Waals surface area contributed by atoms with Crippen molar-refractivity contribution in [1.29, 1.82) is 0 Å². The van der Waals surface area contributed by atoms with E-state index < -0.39 is 37.9 Å². The topological polar surface area (TPSA) is 157 Å². The highest BCUT2D eigenvalue weighted by molar-refractivity contribution is 7.89. The van der Waals surface area contributed by atoms with Crippen LogP contribution in [0, 0.1) is 0 Å². The second-order valence-corrected chi connectivity index (χ2v) is 12.0. The number of morpholine rings is 1. The van der Waals surface area contributed by atoms with Gasteiger partial charge in [-0.25, -0.2) is 26.9 Å². The number of rotatable bonds is 9. The Morgan fingerprint density at radius 1 is 0.973 bits per heavy atom. The molecule has 2 N–H and O–H groups in total. The Kier molecular flexibility index (Phi) is 7.96. The van der Waals surface area contributed by atoms with Crippen LogP contribution in [0.3, 0.4) is 0 Å². The monoisotopic (exact) mass is 552 g/mol. The van der Waals surface area contributed by atoms with Crippen molar-refractivity contribution in [1.82, 2.24) is 9.21 Å². The Labute approximate surface area is 215 Å². The highest BCUT2D eigenvalue weighted by Crippen LogP contribution is 2.30. The minimum atomic E-state index is -4.17. The normalized spacial score (nSPS) is 19.5. The van der Waals surface area contributed by atoms with E-state index in [-0.39, 0.29) is 28.4 Å². The maximum absolute atomic E-state index is 13.7. The molecule has 200 valence electrons. The summed E-state index contributed by atoms with van der Waals surface area (Å²) >= 11 is 0. The predicted octanol–water partition coefficient (Wildman–Crippen LogP) is -0.00240. The molecule has 2 aliphatic heterocycles. The lowest BCUT2D eigenvalue weighted by atomic mass is 10.2. The van der Waals surface area contributed by atoms with Crippen molar-refractivity contribution in [2.75, 3.05) is 51.4 Å². The minimum absolute atomic E-state index is 0.0176. The highest BCUT2D eigenvalue weighted by Gasteiger charge is 2.47. The lowest BCUT2D eigenvalue weighted by Gasteiger charge is -2.31. The van der Waals surface area contributed by atoms with Crippen LogP contribution in [-0.2, 0) is 34.4 Å². The number of carbonyl (C=O) groups is 2. The van der Waals surface area contributed by atoms with Crippen LogP contribution in [0.5, 0.6) is 5.75 Å². The molecule has 2 aromatic rings. The number of amides is 2. The first kappa shape index (κ1) is 27.2. The van der Waals surface area contributed by atoms with E-state index >= 15 is 0 Å². The SMILES string of the molecule is COc1ccc(S(=O)(=O)N(CCN2CCOCC2)C2CC(=O)N(c3ccc(S(N)(=O)=O)cc3)C2=O)cc1. The van der Waals surface area contributed by atoms with Crippen LogP contribution < -0.4 is 14.8 Å². The van der Waals surface area contributed by atoms with Gasteiger partial charge < -0.3 is 9.47 Å². The number of hydrogen-bond acceptors (Lipinski definition) is 9. The second kappa shape index (κ2) is 10.8. The zero-order valence-corrected chi connectivity index (χ0v) is 21.8. The molecule has 0 aliphatic carbocycles. The van der Waals surface area contributed by atoms with Gasteiger partial charge in [-0.2, -0.15) is 4.31 Å². The molecule has 2 aromatic carbocycles. The fraction of sp³-hybridized carbons (Fsp3) is 0.391. The Morgan fingerprint density at radius 2 is 1.57 bits per heavy atom. The number of methoxy groups -OCH3 is 1. The molecule has 0 saturated carbocycles. The molecule has 2 heterocycles. The third kappa shape index (κ3) is 5.84. The van der Waals surface area contributed by atoms with Crippen LogP contribution in [-0.4, -0.2) is 90.4 Å². The molecule has 2 amide bonds. The number of nitrogens with two attached hydrogens (primary N) is 1. The van der Waals surface area contributed by atoms with Crippen molar-refractivity contribution in [3.63, 3.8) is 0 Å². The molecule has 0 aromatic heterocycles. The summed E-state index contributed by atoms with van der Waals surface area (Å²) in [6.45, 7) is 2.62. The van der Waals surface area contributed by atoms with E-state index in [2.05, 4.69) is 0 Å². The van der Waals surface area contributed by atoms with Gasteiger partial charge in [-0.3, -0.25) is 14.5 Å².